The second-order valence-corrected chi connectivity index (χ2v) is 6.79. The minimum atomic E-state index is 0.607. The molecule has 1 aromatic carbocycles. The molecule has 1 atom stereocenters. The van der Waals surface area contributed by atoms with E-state index >= 15 is 0 Å². The molecule has 0 amide bonds. The lowest BCUT2D eigenvalue weighted by Crippen LogP contribution is -2.37. The predicted molar refractivity (Wildman–Crippen MR) is 96.1 cm³/mol. The van der Waals surface area contributed by atoms with Gasteiger partial charge in [0, 0.05) is 23.2 Å². The van der Waals surface area contributed by atoms with Crippen molar-refractivity contribution in [2.24, 2.45) is 0 Å². The number of rotatable bonds is 6. The zero-order valence-corrected chi connectivity index (χ0v) is 14.8. The van der Waals surface area contributed by atoms with Crippen LogP contribution in [0.3, 0.4) is 0 Å². The predicted octanol–water partition coefficient (Wildman–Crippen LogP) is 4.83. The summed E-state index contributed by atoms with van der Waals surface area (Å²) in [7, 11) is 0. The van der Waals surface area contributed by atoms with Crippen molar-refractivity contribution < 1.29 is 4.42 Å². The number of nitrogens with one attached hydrogen (secondary N) is 1. The van der Waals surface area contributed by atoms with Crippen LogP contribution in [0, 0.1) is 0 Å². The first-order chi connectivity index (χ1) is 11.2. The molecule has 0 saturated carbocycles. The van der Waals surface area contributed by atoms with E-state index < -0.39 is 0 Å². The molecule has 0 bridgehead atoms. The first-order valence-electron chi connectivity index (χ1n) is 8.16. The summed E-state index contributed by atoms with van der Waals surface area (Å²) < 4.78 is 5.90. The molecule has 23 heavy (non-hydrogen) atoms. The number of likely N-dealkylation sites (tertiary alicyclic amines) is 1. The quantitative estimate of drug-likeness (QED) is 0.807. The third kappa shape index (κ3) is 4.10. The highest BCUT2D eigenvalue weighted by Crippen LogP contribution is 2.31. The van der Waals surface area contributed by atoms with Gasteiger partial charge in [0.25, 0.3) is 0 Å². The molecule has 124 valence electrons. The van der Waals surface area contributed by atoms with E-state index in [2.05, 4.69) is 17.1 Å². The van der Waals surface area contributed by atoms with Crippen molar-refractivity contribution in [3.8, 4) is 11.3 Å². The molecule has 1 aliphatic rings. The van der Waals surface area contributed by atoms with Crippen LogP contribution in [0.15, 0.2) is 34.7 Å². The van der Waals surface area contributed by atoms with Gasteiger partial charge in [0.2, 0.25) is 0 Å². The summed E-state index contributed by atoms with van der Waals surface area (Å²) in [6.45, 7) is 6.33. The molecule has 3 rings (SSSR count). The highest BCUT2D eigenvalue weighted by atomic mass is 35.5. The van der Waals surface area contributed by atoms with E-state index in [0.29, 0.717) is 16.1 Å². The summed E-state index contributed by atoms with van der Waals surface area (Å²) in [5.41, 5.74) is 0.871. The summed E-state index contributed by atoms with van der Waals surface area (Å²) in [6.07, 6.45) is 2.59. The Morgan fingerprint density at radius 1 is 1.26 bits per heavy atom. The van der Waals surface area contributed by atoms with Crippen molar-refractivity contribution in [3.63, 3.8) is 0 Å². The number of benzene rings is 1. The third-order valence-electron chi connectivity index (χ3n) is 4.44. The Morgan fingerprint density at radius 2 is 2.13 bits per heavy atom. The molecule has 2 aromatic rings. The fourth-order valence-electron chi connectivity index (χ4n) is 3.21. The lowest BCUT2D eigenvalue weighted by atomic mass is 10.2. The minimum Gasteiger partial charge on any atom is -0.460 e. The monoisotopic (exact) mass is 352 g/mol. The molecule has 1 fully saturated rings. The number of hydrogen-bond acceptors (Lipinski definition) is 3. The lowest BCUT2D eigenvalue weighted by Gasteiger charge is -2.22. The van der Waals surface area contributed by atoms with Crippen molar-refractivity contribution >= 4 is 23.2 Å². The standard InChI is InChI=1S/C18H22Cl2N2O/c1-2-22-9-3-4-14(22)11-21-12-15-6-8-18(23-15)16-7-5-13(19)10-17(16)20/h5-8,10,14,21H,2-4,9,11-12H2,1H3. The van der Waals surface area contributed by atoms with E-state index in [9.17, 15) is 0 Å². The van der Waals surface area contributed by atoms with Crippen LogP contribution in [0.4, 0.5) is 0 Å². The van der Waals surface area contributed by atoms with Gasteiger partial charge in [0.15, 0.2) is 0 Å². The maximum atomic E-state index is 6.23. The number of hydrogen-bond donors (Lipinski definition) is 1. The van der Waals surface area contributed by atoms with E-state index in [1.54, 1.807) is 6.07 Å². The van der Waals surface area contributed by atoms with Gasteiger partial charge in [-0.15, -0.1) is 0 Å². The van der Waals surface area contributed by atoms with Gasteiger partial charge in [0.05, 0.1) is 11.6 Å². The molecule has 3 nitrogen and oxygen atoms in total. The summed E-state index contributed by atoms with van der Waals surface area (Å²) >= 11 is 12.2. The van der Waals surface area contributed by atoms with Crippen LogP contribution in [0.25, 0.3) is 11.3 Å². The van der Waals surface area contributed by atoms with Gasteiger partial charge in [-0.2, -0.15) is 0 Å². The van der Waals surface area contributed by atoms with Crippen molar-refractivity contribution in [2.75, 3.05) is 19.6 Å². The van der Waals surface area contributed by atoms with Crippen molar-refractivity contribution in [2.45, 2.75) is 32.4 Å². The maximum Gasteiger partial charge on any atom is 0.135 e. The average Bonchev–Trinajstić information content (AvgIpc) is 3.16. The largest absolute Gasteiger partial charge is 0.460 e. The first-order valence-corrected chi connectivity index (χ1v) is 8.92. The highest BCUT2D eigenvalue weighted by Gasteiger charge is 2.22. The molecular formula is C18H22Cl2N2O. The fraction of sp³-hybridized carbons (Fsp3) is 0.444. The second kappa shape index (κ2) is 7.71. The first kappa shape index (κ1) is 16.8. The van der Waals surface area contributed by atoms with Crippen molar-refractivity contribution in [3.05, 3.63) is 46.1 Å². The number of nitrogens with zero attached hydrogens (tertiary/aromatic N) is 1. The van der Waals surface area contributed by atoms with E-state index in [1.165, 1.54) is 19.4 Å². The number of halogens is 2. The van der Waals surface area contributed by atoms with Crippen molar-refractivity contribution in [1.29, 1.82) is 0 Å². The van der Waals surface area contributed by atoms with Gasteiger partial charge in [-0.25, -0.2) is 0 Å². The summed E-state index contributed by atoms with van der Waals surface area (Å²) in [4.78, 5) is 2.54. The minimum absolute atomic E-state index is 0.607. The van der Waals surface area contributed by atoms with Crippen LogP contribution in [0.1, 0.15) is 25.5 Å². The third-order valence-corrected chi connectivity index (χ3v) is 4.99. The van der Waals surface area contributed by atoms with Crippen LogP contribution < -0.4 is 5.32 Å². The Kier molecular flexibility index (Phi) is 5.65. The highest BCUT2D eigenvalue weighted by molar-refractivity contribution is 6.36. The van der Waals surface area contributed by atoms with Crippen LogP contribution in [0.2, 0.25) is 10.0 Å². The zero-order valence-electron chi connectivity index (χ0n) is 13.3. The summed E-state index contributed by atoms with van der Waals surface area (Å²) in [5.74, 6) is 1.70. The van der Waals surface area contributed by atoms with Crippen LogP contribution >= 0.6 is 23.2 Å². The van der Waals surface area contributed by atoms with E-state index in [0.717, 1.165) is 36.7 Å². The Morgan fingerprint density at radius 3 is 2.91 bits per heavy atom. The molecule has 0 spiro atoms. The smallest absolute Gasteiger partial charge is 0.135 e. The van der Waals surface area contributed by atoms with Gasteiger partial charge in [-0.3, -0.25) is 4.90 Å². The molecule has 0 aliphatic carbocycles. The van der Waals surface area contributed by atoms with Gasteiger partial charge in [-0.05, 0) is 56.3 Å². The molecule has 0 radical (unpaired) electrons. The SMILES string of the molecule is CCN1CCCC1CNCc1ccc(-c2ccc(Cl)cc2Cl)o1. The fourth-order valence-corrected chi connectivity index (χ4v) is 3.71. The Balaban J connectivity index is 1.57. The number of furan rings is 1. The molecule has 1 aliphatic heterocycles. The van der Waals surface area contributed by atoms with Crippen LogP contribution in [0.5, 0.6) is 0 Å². The molecule has 1 N–H and O–H groups in total. The number of likely N-dealkylation sites (N-methyl/N-ethyl adjacent to an activating group) is 1. The Hall–Kier alpha value is -1.00. The van der Waals surface area contributed by atoms with Crippen LogP contribution in [-0.2, 0) is 6.54 Å². The molecule has 2 heterocycles. The zero-order chi connectivity index (χ0) is 16.2. The van der Waals surface area contributed by atoms with Gasteiger partial charge < -0.3 is 9.73 Å². The van der Waals surface area contributed by atoms with Crippen molar-refractivity contribution in [1.82, 2.24) is 10.2 Å². The van der Waals surface area contributed by atoms with E-state index in [4.69, 9.17) is 27.6 Å². The van der Waals surface area contributed by atoms with Gasteiger partial charge in [-0.1, -0.05) is 30.1 Å². The maximum absolute atomic E-state index is 6.23. The normalized spacial score (nSPS) is 18.7. The molecule has 5 heteroatoms. The molecule has 1 saturated heterocycles. The van der Waals surface area contributed by atoms with E-state index in [1.807, 2.05) is 24.3 Å². The van der Waals surface area contributed by atoms with Gasteiger partial charge in [0.1, 0.15) is 11.5 Å². The van der Waals surface area contributed by atoms with Crippen LogP contribution in [-0.4, -0.2) is 30.6 Å². The second-order valence-electron chi connectivity index (χ2n) is 5.95. The molecule has 1 aromatic heterocycles. The van der Waals surface area contributed by atoms with Gasteiger partial charge >= 0.3 is 0 Å². The summed E-state index contributed by atoms with van der Waals surface area (Å²) in [5, 5.41) is 4.74. The van der Waals surface area contributed by atoms with E-state index in [-0.39, 0.29) is 0 Å². The Bertz CT molecular complexity index is 656. The molecule has 1 unspecified atom stereocenters. The average molecular weight is 353 g/mol. The lowest BCUT2D eigenvalue weighted by molar-refractivity contribution is 0.258. The summed E-state index contributed by atoms with van der Waals surface area (Å²) in [6, 6.07) is 10.1. The molecular weight excluding hydrogens is 331 g/mol. The topological polar surface area (TPSA) is 28.4 Å². The Labute approximate surface area is 147 Å².